The van der Waals surface area contributed by atoms with E-state index >= 15 is 0 Å². The molecule has 0 radical (unpaired) electrons. The van der Waals surface area contributed by atoms with Gasteiger partial charge in [0.25, 0.3) is 5.91 Å². The van der Waals surface area contributed by atoms with Gasteiger partial charge in [-0.25, -0.2) is 4.98 Å². The van der Waals surface area contributed by atoms with Gasteiger partial charge in [-0.2, -0.15) is 0 Å². The summed E-state index contributed by atoms with van der Waals surface area (Å²) in [6, 6.07) is 8.54. The number of carbonyl (C=O) groups excluding carboxylic acids is 1. The van der Waals surface area contributed by atoms with Gasteiger partial charge < -0.3 is 0 Å². The van der Waals surface area contributed by atoms with E-state index in [0.717, 1.165) is 28.1 Å². The molecule has 3 nitrogen and oxygen atoms in total. The van der Waals surface area contributed by atoms with E-state index in [-0.39, 0.29) is 5.91 Å². The van der Waals surface area contributed by atoms with Gasteiger partial charge in [-0.15, -0.1) is 22.7 Å². The Hall–Kier alpha value is -1.98. The van der Waals surface area contributed by atoms with Crippen LogP contribution < -0.4 is 5.32 Å². The fourth-order valence-corrected chi connectivity index (χ4v) is 4.49. The molecule has 5 heteroatoms. The molecule has 0 atom stereocenters. The van der Waals surface area contributed by atoms with Crippen molar-refractivity contribution in [3.05, 3.63) is 56.6 Å². The Morgan fingerprint density at radius 2 is 2.04 bits per heavy atom. The molecule has 0 saturated heterocycles. The number of amides is 1. The molecule has 2 heterocycles. The number of thiophene rings is 1. The Morgan fingerprint density at radius 3 is 2.87 bits per heavy atom. The highest BCUT2D eigenvalue weighted by Crippen LogP contribution is 2.30. The summed E-state index contributed by atoms with van der Waals surface area (Å²) in [5.41, 5.74) is 5.97. The van der Waals surface area contributed by atoms with Gasteiger partial charge in [0.1, 0.15) is 0 Å². The lowest BCUT2D eigenvalue weighted by molar-refractivity contribution is 0.103. The van der Waals surface area contributed by atoms with Crippen LogP contribution in [0.2, 0.25) is 0 Å². The number of hydrogen-bond donors (Lipinski definition) is 1. The number of anilines is 1. The van der Waals surface area contributed by atoms with Crippen LogP contribution in [-0.2, 0) is 12.8 Å². The van der Waals surface area contributed by atoms with E-state index < -0.39 is 0 Å². The number of aryl methyl sites for hydroxylation is 3. The van der Waals surface area contributed by atoms with E-state index in [1.165, 1.54) is 46.6 Å². The number of benzene rings is 1. The lowest BCUT2D eigenvalue weighted by atomic mass is 10.1. The van der Waals surface area contributed by atoms with Crippen LogP contribution in [0.5, 0.6) is 0 Å². The van der Waals surface area contributed by atoms with Gasteiger partial charge >= 0.3 is 0 Å². The van der Waals surface area contributed by atoms with Crippen LogP contribution in [-0.4, -0.2) is 10.9 Å². The van der Waals surface area contributed by atoms with Gasteiger partial charge in [-0.1, -0.05) is 12.1 Å². The summed E-state index contributed by atoms with van der Waals surface area (Å²) < 4.78 is 0. The molecule has 0 spiro atoms. The minimum absolute atomic E-state index is 0.0765. The minimum atomic E-state index is -0.0765. The quantitative estimate of drug-likeness (QED) is 0.735. The van der Waals surface area contributed by atoms with Crippen LogP contribution in [0.15, 0.2) is 35.0 Å². The highest BCUT2D eigenvalue weighted by Gasteiger charge is 2.15. The minimum Gasteiger partial charge on any atom is -0.297 e. The summed E-state index contributed by atoms with van der Waals surface area (Å²) in [4.78, 5) is 17.6. The molecular formula is C18H16N2OS2. The number of fused-ring (bicyclic) bond motifs is 1. The zero-order valence-corrected chi connectivity index (χ0v) is 14.4. The molecule has 1 amide bonds. The highest BCUT2D eigenvalue weighted by atomic mass is 32.1. The molecule has 0 unspecified atom stereocenters. The van der Waals surface area contributed by atoms with Gasteiger partial charge in [0.05, 0.1) is 10.6 Å². The SMILES string of the molecule is Cc1ccsc1C(=O)Nc1nc(-c2ccc3c(c2)CCC3)cs1. The fourth-order valence-electron chi connectivity index (χ4n) is 2.95. The standard InChI is InChI=1S/C18H16N2OS2/c1-11-7-8-22-16(11)17(21)20-18-19-15(10-23-18)14-6-5-12-3-2-4-13(12)9-14/h5-10H,2-4H2,1H3,(H,19,20,21). The zero-order chi connectivity index (χ0) is 15.8. The molecule has 1 N–H and O–H groups in total. The molecule has 0 bridgehead atoms. The van der Waals surface area contributed by atoms with E-state index in [1.54, 1.807) is 0 Å². The number of nitrogens with zero attached hydrogens (tertiary/aromatic N) is 1. The van der Waals surface area contributed by atoms with Crippen LogP contribution >= 0.6 is 22.7 Å². The predicted molar refractivity (Wildman–Crippen MR) is 96.6 cm³/mol. The van der Waals surface area contributed by atoms with E-state index in [2.05, 4.69) is 28.5 Å². The molecule has 2 aromatic heterocycles. The van der Waals surface area contributed by atoms with Crippen LogP contribution in [0.4, 0.5) is 5.13 Å². The molecule has 4 rings (SSSR count). The molecule has 1 aliphatic carbocycles. The zero-order valence-electron chi connectivity index (χ0n) is 12.8. The molecule has 1 aromatic carbocycles. The summed E-state index contributed by atoms with van der Waals surface area (Å²) in [5.74, 6) is -0.0765. The van der Waals surface area contributed by atoms with E-state index in [0.29, 0.717) is 5.13 Å². The topological polar surface area (TPSA) is 42.0 Å². The van der Waals surface area contributed by atoms with Crippen molar-refractivity contribution in [2.75, 3.05) is 5.32 Å². The van der Waals surface area contributed by atoms with Crippen LogP contribution in [0.3, 0.4) is 0 Å². The Balaban J connectivity index is 1.55. The van der Waals surface area contributed by atoms with E-state index in [9.17, 15) is 4.79 Å². The first-order valence-corrected chi connectivity index (χ1v) is 9.40. The predicted octanol–water partition coefficient (Wildman–Crippen LogP) is 4.92. The second-order valence-corrected chi connectivity index (χ2v) is 7.54. The number of carbonyl (C=O) groups is 1. The summed E-state index contributed by atoms with van der Waals surface area (Å²) >= 11 is 2.93. The van der Waals surface area contributed by atoms with Gasteiger partial charge in [0.15, 0.2) is 5.13 Å². The van der Waals surface area contributed by atoms with Crippen molar-refractivity contribution < 1.29 is 4.79 Å². The van der Waals surface area contributed by atoms with Crippen LogP contribution in [0.1, 0.15) is 32.8 Å². The van der Waals surface area contributed by atoms with Crippen molar-refractivity contribution in [1.29, 1.82) is 0 Å². The first-order chi connectivity index (χ1) is 11.2. The monoisotopic (exact) mass is 340 g/mol. The van der Waals surface area contributed by atoms with Crippen LogP contribution in [0.25, 0.3) is 11.3 Å². The average Bonchev–Trinajstić information content (AvgIpc) is 3.26. The van der Waals surface area contributed by atoms with Crippen molar-refractivity contribution in [2.45, 2.75) is 26.2 Å². The third-order valence-electron chi connectivity index (χ3n) is 4.19. The second-order valence-electron chi connectivity index (χ2n) is 5.76. The fraction of sp³-hybridized carbons (Fsp3) is 0.222. The summed E-state index contributed by atoms with van der Waals surface area (Å²) in [5, 5.41) is 7.50. The molecule has 3 aromatic rings. The number of thiazole rings is 1. The Kier molecular flexibility index (Phi) is 3.75. The largest absolute Gasteiger partial charge is 0.297 e. The summed E-state index contributed by atoms with van der Waals surface area (Å²) in [6.07, 6.45) is 3.60. The normalized spacial score (nSPS) is 13.1. The number of hydrogen-bond acceptors (Lipinski definition) is 4. The van der Waals surface area contributed by atoms with Gasteiger partial charge in [-0.3, -0.25) is 10.1 Å². The molecular weight excluding hydrogens is 324 g/mol. The van der Waals surface area contributed by atoms with E-state index in [1.807, 2.05) is 23.8 Å². The number of rotatable bonds is 3. The summed E-state index contributed by atoms with van der Waals surface area (Å²) in [6.45, 7) is 1.95. The maximum atomic E-state index is 12.3. The molecule has 0 fully saturated rings. The maximum Gasteiger partial charge on any atom is 0.267 e. The molecule has 23 heavy (non-hydrogen) atoms. The van der Waals surface area contributed by atoms with Crippen molar-refractivity contribution >= 4 is 33.7 Å². The summed E-state index contributed by atoms with van der Waals surface area (Å²) in [7, 11) is 0. The van der Waals surface area contributed by atoms with Crippen molar-refractivity contribution in [1.82, 2.24) is 4.98 Å². The molecule has 1 aliphatic rings. The van der Waals surface area contributed by atoms with E-state index in [4.69, 9.17) is 0 Å². The first-order valence-electron chi connectivity index (χ1n) is 7.64. The Bertz CT molecular complexity index is 879. The van der Waals surface area contributed by atoms with Gasteiger partial charge in [0, 0.05) is 10.9 Å². The van der Waals surface area contributed by atoms with Gasteiger partial charge in [-0.05, 0) is 60.4 Å². The number of aromatic nitrogens is 1. The van der Waals surface area contributed by atoms with Gasteiger partial charge in [0.2, 0.25) is 0 Å². The van der Waals surface area contributed by atoms with Crippen molar-refractivity contribution in [3.8, 4) is 11.3 Å². The molecule has 116 valence electrons. The second kappa shape index (κ2) is 5.91. The Morgan fingerprint density at radius 1 is 1.17 bits per heavy atom. The molecule has 0 saturated carbocycles. The lowest BCUT2D eigenvalue weighted by Crippen LogP contribution is -2.10. The maximum absolute atomic E-state index is 12.3. The molecule has 0 aliphatic heterocycles. The lowest BCUT2D eigenvalue weighted by Gasteiger charge is -2.02. The smallest absolute Gasteiger partial charge is 0.267 e. The number of nitrogens with one attached hydrogen (secondary N) is 1. The average molecular weight is 340 g/mol. The third kappa shape index (κ3) is 2.82. The van der Waals surface area contributed by atoms with Crippen LogP contribution in [0, 0.1) is 6.92 Å². The highest BCUT2D eigenvalue weighted by molar-refractivity contribution is 7.14. The van der Waals surface area contributed by atoms with Crippen molar-refractivity contribution in [2.24, 2.45) is 0 Å². The van der Waals surface area contributed by atoms with Crippen molar-refractivity contribution in [3.63, 3.8) is 0 Å². The first kappa shape index (κ1) is 14.6. The Labute approximate surface area is 143 Å². The third-order valence-corrected chi connectivity index (χ3v) is 5.96.